The minimum absolute atomic E-state index is 0.184. The van der Waals surface area contributed by atoms with Crippen LogP contribution in [0.15, 0.2) is 30.3 Å². The lowest BCUT2D eigenvalue weighted by Gasteiger charge is -2.08. The summed E-state index contributed by atoms with van der Waals surface area (Å²) >= 11 is 0. The standard InChI is InChI=1S/C14H10N4O/c1-9-2-3-10(7-15)14(18-9)19-13-5-4-12(17)6-11(13)8-16/h2-6H,17H2,1H3. The van der Waals surface area contributed by atoms with Gasteiger partial charge in [0.1, 0.15) is 23.5 Å². The van der Waals surface area contributed by atoms with Crippen LogP contribution in [0.25, 0.3) is 0 Å². The maximum Gasteiger partial charge on any atom is 0.237 e. The molecule has 0 amide bonds. The maximum atomic E-state index is 9.03. The molecule has 92 valence electrons. The van der Waals surface area contributed by atoms with Gasteiger partial charge in [0.25, 0.3) is 0 Å². The van der Waals surface area contributed by atoms with Crippen molar-refractivity contribution in [2.24, 2.45) is 0 Å². The average molecular weight is 250 g/mol. The zero-order valence-corrected chi connectivity index (χ0v) is 10.2. The van der Waals surface area contributed by atoms with Crippen LogP contribution in [0.4, 0.5) is 5.69 Å². The van der Waals surface area contributed by atoms with Crippen LogP contribution in [0.1, 0.15) is 16.8 Å². The molecule has 2 rings (SSSR count). The highest BCUT2D eigenvalue weighted by Gasteiger charge is 2.10. The van der Waals surface area contributed by atoms with Crippen molar-refractivity contribution in [2.75, 3.05) is 5.73 Å². The van der Waals surface area contributed by atoms with E-state index in [0.29, 0.717) is 22.6 Å². The van der Waals surface area contributed by atoms with E-state index >= 15 is 0 Å². The monoisotopic (exact) mass is 250 g/mol. The summed E-state index contributed by atoms with van der Waals surface area (Å²) in [6.45, 7) is 1.79. The second-order valence-electron chi connectivity index (χ2n) is 3.89. The molecule has 0 fully saturated rings. The minimum atomic E-state index is 0.184. The van der Waals surface area contributed by atoms with Crippen LogP contribution in [-0.4, -0.2) is 4.98 Å². The molecule has 0 atom stereocenters. The molecular formula is C14H10N4O. The summed E-state index contributed by atoms with van der Waals surface area (Å²) < 4.78 is 5.55. The molecular weight excluding hydrogens is 240 g/mol. The van der Waals surface area contributed by atoms with Crippen molar-refractivity contribution in [1.82, 2.24) is 4.98 Å². The average Bonchev–Trinajstić information content (AvgIpc) is 2.41. The molecule has 0 bridgehead atoms. The molecule has 19 heavy (non-hydrogen) atoms. The number of aryl methyl sites for hydroxylation is 1. The number of pyridine rings is 1. The van der Waals surface area contributed by atoms with Crippen molar-refractivity contribution in [2.45, 2.75) is 6.92 Å². The number of nitrogens with two attached hydrogens (primary N) is 1. The summed E-state index contributed by atoms with van der Waals surface area (Å²) in [5.41, 5.74) is 7.41. The van der Waals surface area contributed by atoms with Crippen LogP contribution in [0.5, 0.6) is 11.6 Å². The third kappa shape index (κ3) is 2.62. The zero-order chi connectivity index (χ0) is 13.8. The number of nitriles is 2. The molecule has 1 heterocycles. The smallest absolute Gasteiger partial charge is 0.237 e. The van der Waals surface area contributed by atoms with Gasteiger partial charge in [-0.25, -0.2) is 4.98 Å². The molecule has 2 aromatic rings. The summed E-state index contributed by atoms with van der Waals surface area (Å²) in [5.74, 6) is 0.509. The van der Waals surface area contributed by atoms with Crippen LogP contribution in [0.2, 0.25) is 0 Å². The molecule has 0 unspecified atom stereocenters. The fraction of sp³-hybridized carbons (Fsp3) is 0.0714. The molecule has 0 spiro atoms. The number of ether oxygens (including phenoxy) is 1. The largest absolute Gasteiger partial charge is 0.436 e. The number of hydrogen-bond acceptors (Lipinski definition) is 5. The highest BCUT2D eigenvalue weighted by Crippen LogP contribution is 2.27. The first-order chi connectivity index (χ1) is 9.13. The molecule has 5 nitrogen and oxygen atoms in total. The van der Waals surface area contributed by atoms with Crippen LogP contribution in [0, 0.1) is 29.6 Å². The molecule has 0 aliphatic carbocycles. The summed E-state index contributed by atoms with van der Waals surface area (Å²) in [7, 11) is 0. The highest BCUT2D eigenvalue weighted by atomic mass is 16.5. The topological polar surface area (TPSA) is 95.7 Å². The van der Waals surface area contributed by atoms with Crippen molar-refractivity contribution < 1.29 is 4.74 Å². The van der Waals surface area contributed by atoms with E-state index in [4.69, 9.17) is 21.0 Å². The maximum absolute atomic E-state index is 9.03. The predicted octanol–water partition coefficient (Wildman–Crippen LogP) is 2.51. The fourth-order valence-corrected chi connectivity index (χ4v) is 1.52. The van der Waals surface area contributed by atoms with Gasteiger partial charge in [-0.2, -0.15) is 10.5 Å². The van der Waals surface area contributed by atoms with Crippen LogP contribution < -0.4 is 10.5 Å². The second kappa shape index (κ2) is 5.07. The van der Waals surface area contributed by atoms with Crippen molar-refractivity contribution in [1.29, 1.82) is 10.5 Å². The Labute approximate surface area is 110 Å². The van der Waals surface area contributed by atoms with E-state index in [-0.39, 0.29) is 5.88 Å². The number of nitrogen functional groups attached to an aromatic ring is 1. The Kier molecular flexibility index (Phi) is 3.31. The minimum Gasteiger partial charge on any atom is -0.436 e. The lowest BCUT2D eigenvalue weighted by Crippen LogP contribution is -1.96. The van der Waals surface area contributed by atoms with Crippen LogP contribution in [0.3, 0.4) is 0 Å². The Balaban J connectivity index is 2.45. The van der Waals surface area contributed by atoms with E-state index in [1.807, 2.05) is 12.1 Å². The van der Waals surface area contributed by atoms with Gasteiger partial charge in [0.05, 0.1) is 5.56 Å². The van der Waals surface area contributed by atoms with Crippen molar-refractivity contribution in [3.05, 3.63) is 47.2 Å². The number of anilines is 1. The summed E-state index contributed by atoms with van der Waals surface area (Å²) in [4.78, 5) is 4.15. The normalized spacial score (nSPS) is 9.42. The van der Waals surface area contributed by atoms with Gasteiger partial charge < -0.3 is 10.5 Å². The lowest BCUT2D eigenvalue weighted by molar-refractivity contribution is 0.458. The van der Waals surface area contributed by atoms with Gasteiger partial charge >= 0.3 is 0 Å². The van der Waals surface area contributed by atoms with Gasteiger partial charge in [0, 0.05) is 11.4 Å². The van der Waals surface area contributed by atoms with Gasteiger partial charge in [-0.1, -0.05) is 0 Å². The number of rotatable bonds is 2. The van der Waals surface area contributed by atoms with Crippen LogP contribution in [-0.2, 0) is 0 Å². The summed E-state index contributed by atoms with van der Waals surface area (Å²) in [6, 6.07) is 12.1. The number of hydrogen-bond donors (Lipinski definition) is 1. The molecule has 1 aromatic heterocycles. The number of benzene rings is 1. The van der Waals surface area contributed by atoms with Crippen molar-refractivity contribution in [3.8, 4) is 23.8 Å². The van der Waals surface area contributed by atoms with E-state index in [1.54, 1.807) is 31.2 Å². The van der Waals surface area contributed by atoms with E-state index in [1.165, 1.54) is 6.07 Å². The molecule has 5 heteroatoms. The van der Waals surface area contributed by atoms with Gasteiger partial charge in [-0.05, 0) is 37.3 Å². The van der Waals surface area contributed by atoms with Gasteiger partial charge in [-0.3, -0.25) is 0 Å². The molecule has 0 aliphatic rings. The van der Waals surface area contributed by atoms with Gasteiger partial charge in [-0.15, -0.1) is 0 Å². The zero-order valence-electron chi connectivity index (χ0n) is 10.2. The molecule has 0 radical (unpaired) electrons. The Bertz CT molecular complexity index is 710. The number of aromatic nitrogens is 1. The highest BCUT2D eigenvalue weighted by molar-refractivity contribution is 5.54. The Morgan fingerprint density at radius 2 is 1.84 bits per heavy atom. The Hall–Kier alpha value is -3.05. The molecule has 0 saturated carbocycles. The first-order valence-electron chi connectivity index (χ1n) is 5.49. The summed E-state index contributed by atoms with van der Waals surface area (Å²) in [6.07, 6.45) is 0. The Morgan fingerprint density at radius 1 is 1.11 bits per heavy atom. The first-order valence-corrected chi connectivity index (χ1v) is 5.49. The number of nitrogens with zero attached hydrogens (tertiary/aromatic N) is 3. The van der Waals surface area contributed by atoms with E-state index in [9.17, 15) is 0 Å². The van der Waals surface area contributed by atoms with Gasteiger partial charge in [0.2, 0.25) is 5.88 Å². The van der Waals surface area contributed by atoms with E-state index in [0.717, 1.165) is 5.69 Å². The Morgan fingerprint density at radius 3 is 2.53 bits per heavy atom. The van der Waals surface area contributed by atoms with Crippen LogP contribution >= 0.6 is 0 Å². The third-order valence-corrected chi connectivity index (χ3v) is 2.45. The fourth-order valence-electron chi connectivity index (χ4n) is 1.52. The predicted molar refractivity (Wildman–Crippen MR) is 69.3 cm³/mol. The van der Waals surface area contributed by atoms with Crippen molar-refractivity contribution in [3.63, 3.8) is 0 Å². The SMILES string of the molecule is Cc1ccc(C#N)c(Oc2ccc(N)cc2C#N)n1. The van der Waals surface area contributed by atoms with E-state index in [2.05, 4.69) is 4.98 Å². The molecule has 2 N–H and O–H groups in total. The second-order valence-corrected chi connectivity index (χ2v) is 3.89. The molecule has 1 aromatic carbocycles. The lowest BCUT2D eigenvalue weighted by atomic mass is 10.2. The quantitative estimate of drug-likeness (QED) is 0.826. The van der Waals surface area contributed by atoms with E-state index < -0.39 is 0 Å². The van der Waals surface area contributed by atoms with Crippen molar-refractivity contribution >= 4 is 5.69 Å². The first kappa shape index (κ1) is 12.4. The molecule has 0 aliphatic heterocycles. The third-order valence-electron chi connectivity index (χ3n) is 2.45. The summed E-state index contributed by atoms with van der Waals surface area (Å²) in [5, 5.41) is 18.0. The van der Waals surface area contributed by atoms with Gasteiger partial charge in [0.15, 0.2) is 0 Å². The molecule has 0 saturated heterocycles.